The summed E-state index contributed by atoms with van der Waals surface area (Å²) in [6.45, 7) is 3.13. The van der Waals surface area contributed by atoms with E-state index in [-0.39, 0.29) is 18.4 Å². The molecule has 1 aromatic heterocycles. The first-order valence-electron chi connectivity index (χ1n) is 8.06. The molecule has 1 fully saturated rings. The van der Waals surface area contributed by atoms with Crippen LogP contribution in [-0.4, -0.2) is 33.4 Å². The number of hydrogen-bond acceptors (Lipinski definition) is 5. The lowest BCUT2D eigenvalue weighted by Crippen LogP contribution is -2.34. The van der Waals surface area contributed by atoms with Gasteiger partial charge in [-0.25, -0.2) is 0 Å². The normalized spacial score (nSPS) is 14.7. The molecule has 1 N–H and O–H groups in total. The third kappa shape index (κ3) is 3.79. The molecular weight excluding hydrogens is 308 g/mol. The number of nitrogens with zero attached hydrogens (tertiary/aromatic N) is 3. The molecule has 0 bridgehead atoms. The van der Waals surface area contributed by atoms with Crippen molar-refractivity contribution in [3.8, 4) is 0 Å². The van der Waals surface area contributed by atoms with Crippen LogP contribution in [0.5, 0.6) is 0 Å². The Labute approximate surface area is 140 Å². The second kappa shape index (κ2) is 7.25. The average Bonchev–Trinajstić information content (AvgIpc) is 3.03. The highest BCUT2D eigenvalue weighted by atomic mass is 16.5. The smallest absolute Gasteiger partial charge is 0.251 e. The van der Waals surface area contributed by atoms with Gasteiger partial charge in [-0.05, 0) is 31.4 Å². The van der Waals surface area contributed by atoms with Gasteiger partial charge in [0.15, 0.2) is 5.82 Å². The van der Waals surface area contributed by atoms with Crippen LogP contribution in [0.3, 0.4) is 0 Å². The van der Waals surface area contributed by atoms with Crippen LogP contribution in [0.4, 0.5) is 0 Å². The van der Waals surface area contributed by atoms with E-state index in [2.05, 4.69) is 15.5 Å². The lowest BCUT2D eigenvalue weighted by atomic mass is 10.1. The quantitative estimate of drug-likeness (QED) is 0.904. The molecule has 0 spiro atoms. The van der Waals surface area contributed by atoms with Gasteiger partial charge in [0.2, 0.25) is 11.8 Å². The minimum atomic E-state index is -0.181. The van der Waals surface area contributed by atoms with Gasteiger partial charge in [0, 0.05) is 18.5 Å². The first-order valence-corrected chi connectivity index (χ1v) is 8.06. The van der Waals surface area contributed by atoms with Crippen molar-refractivity contribution in [1.29, 1.82) is 0 Å². The third-order valence-corrected chi connectivity index (χ3v) is 4.05. The standard InChI is InChI=1S/C17H20N4O3/c1-12-6-2-3-7-13(12)17(23)18-10-15-19-14(20-24-15)11-21-9-5-4-8-16(21)22/h2-3,6-7H,4-5,8-11H2,1H3,(H,18,23). The van der Waals surface area contributed by atoms with Crippen LogP contribution in [0.25, 0.3) is 0 Å². The fourth-order valence-electron chi connectivity index (χ4n) is 2.70. The van der Waals surface area contributed by atoms with E-state index in [0.717, 1.165) is 24.9 Å². The van der Waals surface area contributed by atoms with E-state index in [1.807, 2.05) is 25.1 Å². The number of aryl methyl sites for hydroxylation is 1. The Hall–Kier alpha value is -2.70. The Morgan fingerprint density at radius 1 is 1.33 bits per heavy atom. The van der Waals surface area contributed by atoms with Crippen molar-refractivity contribution >= 4 is 11.8 Å². The van der Waals surface area contributed by atoms with Gasteiger partial charge < -0.3 is 14.7 Å². The molecule has 1 aliphatic heterocycles. The van der Waals surface area contributed by atoms with Crippen molar-refractivity contribution in [2.75, 3.05) is 6.54 Å². The lowest BCUT2D eigenvalue weighted by molar-refractivity contribution is -0.134. The summed E-state index contributed by atoms with van der Waals surface area (Å²) >= 11 is 0. The van der Waals surface area contributed by atoms with Gasteiger partial charge in [-0.2, -0.15) is 4.98 Å². The molecular formula is C17H20N4O3. The number of benzene rings is 1. The van der Waals surface area contributed by atoms with E-state index >= 15 is 0 Å². The highest BCUT2D eigenvalue weighted by Crippen LogP contribution is 2.13. The monoisotopic (exact) mass is 328 g/mol. The number of aromatic nitrogens is 2. The predicted octanol–water partition coefficient (Wildman–Crippen LogP) is 1.82. The summed E-state index contributed by atoms with van der Waals surface area (Å²) in [5.74, 6) is 0.737. The van der Waals surface area contributed by atoms with Crippen LogP contribution in [0, 0.1) is 6.92 Å². The summed E-state index contributed by atoms with van der Waals surface area (Å²) in [7, 11) is 0. The van der Waals surface area contributed by atoms with Gasteiger partial charge in [-0.15, -0.1) is 0 Å². The van der Waals surface area contributed by atoms with Crippen LogP contribution < -0.4 is 5.32 Å². The number of rotatable bonds is 5. The molecule has 2 amide bonds. The van der Waals surface area contributed by atoms with E-state index in [1.54, 1.807) is 11.0 Å². The number of carbonyl (C=O) groups is 2. The SMILES string of the molecule is Cc1ccccc1C(=O)NCc1nc(CN2CCCCC2=O)no1. The zero-order valence-electron chi connectivity index (χ0n) is 13.6. The molecule has 2 heterocycles. The molecule has 1 aliphatic rings. The molecule has 24 heavy (non-hydrogen) atoms. The fraction of sp³-hybridized carbons (Fsp3) is 0.412. The van der Waals surface area contributed by atoms with Gasteiger partial charge in [-0.1, -0.05) is 23.4 Å². The number of likely N-dealkylation sites (tertiary alicyclic amines) is 1. The summed E-state index contributed by atoms with van der Waals surface area (Å²) in [4.78, 5) is 29.9. The highest BCUT2D eigenvalue weighted by molar-refractivity contribution is 5.95. The maximum Gasteiger partial charge on any atom is 0.251 e. The van der Waals surface area contributed by atoms with Gasteiger partial charge >= 0.3 is 0 Å². The van der Waals surface area contributed by atoms with Crippen LogP contribution in [0.1, 0.15) is 46.9 Å². The number of carbonyl (C=O) groups excluding carboxylic acids is 2. The zero-order valence-corrected chi connectivity index (χ0v) is 13.6. The Kier molecular flexibility index (Phi) is 4.88. The maximum atomic E-state index is 12.2. The van der Waals surface area contributed by atoms with Crippen molar-refractivity contribution in [3.63, 3.8) is 0 Å². The molecule has 3 rings (SSSR count). The third-order valence-electron chi connectivity index (χ3n) is 4.05. The molecule has 0 saturated carbocycles. The summed E-state index contributed by atoms with van der Waals surface area (Å²) < 4.78 is 5.14. The Morgan fingerprint density at radius 2 is 2.17 bits per heavy atom. The van der Waals surface area contributed by atoms with E-state index in [4.69, 9.17) is 4.52 Å². The maximum absolute atomic E-state index is 12.2. The molecule has 0 unspecified atom stereocenters. The van der Waals surface area contributed by atoms with Crippen molar-refractivity contribution < 1.29 is 14.1 Å². The van der Waals surface area contributed by atoms with Gasteiger partial charge in [0.05, 0.1) is 13.1 Å². The lowest BCUT2D eigenvalue weighted by Gasteiger charge is -2.25. The summed E-state index contributed by atoms with van der Waals surface area (Å²) in [6.07, 6.45) is 2.53. The van der Waals surface area contributed by atoms with Gasteiger partial charge in [0.1, 0.15) is 0 Å². The predicted molar refractivity (Wildman–Crippen MR) is 85.9 cm³/mol. The van der Waals surface area contributed by atoms with E-state index in [0.29, 0.717) is 30.2 Å². The van der Waals surface area contributed by atoms with Crippen molar-refractivity contribution in [2.45, 2.75) is 39.3 Å². The van der Waals surface area contributed by atoms with Crippen LogP contribution >= 0.6 is 0 Å². The molecule has 1 saturated heterocycles. The average molecular weight is 328 g/mol. The number of hydrogen-bond donors (Lipinski definition) is 1. The zero-order chi connectivity index (χ0) is 16.9. The van der Waals surface area contributed by atoms with Crippen LogP contribution in [0.2, 0.25) is 0 Å². The van der Waals surface area contributed by atoms with E-state index < -0.39 is 0 Å². The van der Waals surface area contributed by atoms with Gasteiger partial charge in [-0.3, -0.25) is 9.59 Å². The number of piperidine rings is 1. The second-order valence-electron chi connectivity index (χ2n) is 5.87. The van der Waals surface area contributed by atoms with Crippen molar-refractivity contribution in [2.24, 2.45) is 0 Å². The first-order chi connectivity index (χ1) is 11.6. The largest absolute Gasteiger partial charge is 0.343 e. The van der Waals surface area contributed by atoms with Crippen molar-refractivity contribution in [3.05, 3.63) is 47.1 Å². The Balaban J connectivity index is 1.55. The highest BCUT2D eigenvalue weighted by Gasteiger charge is 2.20. The summed E-state index contributed by atoms with van der Waals surface area (Å²) in [5, 5.41) is 6.65. The van der Waals surface area contributed by atoms with Crippen molar-refractivity contribution in [1.82, 2.24) is 20.4 Å². The Morgan fingerprint density at radius 3 is 2.96 bits per heavy atom. The topological polar surface area (TPSA) is 88.3 Å². The summed E-state index contributed by atoms with van der Waals surface area (Å²) in [6, 6.07) is 7.36. The molecule has 126 valence electrons. The van der Waals surface area contributed by atoms with Crippen LogP contribution in [-0.2, 0) is 17.9 Å². The molecule has 1 aromatic carbocycles. The van der Waals surface area contributed by atoms with Crippen LogP contribution in [0.15, 0.2) is 28.8 Å². The van der Waals surface area contributed by atoms with Gasteiger partial charge in [0.25, 0.3) is 5.91 Å². The molecule has 0 radical (unpaired) electrons. The molecule has 7 heteroatoms. The first kappa shape index (κ1) is 16.2. The molecule has 0 aliphatic carbocycles. The summed E-state index contributed by atoms with van der Waals surface area (Å²) in [5.41, 5.74) is 1.53. The van der Waals surface area contributed by atoms with E-state index in [9.17, 15) is 9.59 Å². The second-order valence-corrected chi connectivity index (χ2v) is 5.87. The molecule has 7 nitrogen and oxygen atoms in total. The number of amides is 2. The fourth-order valence-corrected chi connectivity index (χ4v) is 2.70. The minimum absolute atomic E-state index is 0.125. The molecule has 2 aromatic rings. The molecule has 0 atom stereocenters. The Bertz CT molecular complexity index is 741. The minimum Gasteiger partial charge on any atom is -0.343 e. The van der Waals surface area contributed by atoms with E-state index in [1.165, 1.54) is 0 Å². The number of nitrogens with one attached hydrogen (secondary N) is 1.